The van der Waals surface area contributed by atoms with Gasteiger partial charge in [0.2, 0.25) is 15.9 Å². The standard InChI is InChI=1S/C24H30Cl2N2O4S/c1-17(2)20-5-3-4-6-23(20)32-14-11-27-24(29)19-9-12-28(13-10-19)33(30,31)16-18-7-8-21(25)22(26)15-18/h3-8,15,17,19H,9-14,16H2,1-2H3,(H,27,29). The van der Waals surface area contributed by atoms with E-state index in [1.165, 1.54) is 4.31 Å². The van der Waals surface area contributed by atoms with Crippen molar-refractivity contribution in [3.05, 3.63) is 63.6 Å². The molecule has 0 saturated carbocycles. The lowest BCUT2D eigenvalue weighted by Crippen LogP contribution is -2.43. The van der Waals surface area contributed by atoms with E-state index in [0.29, 0.717) is 60.6 Å². The molecular weight excluding hydrogens is 483 g/mol. The van der Waals surface area contributed by atoms with Crippen LogP contribution in [0.3, 0.4) is 0 Å². The number of nitrogens with zero attached hydrogens (tertiary/aromatic N) is 1. The van der Waals surface area contributed by atoms with Gasteiger partial charge in [0.25, 0.3) is 0 Å². The van der Waals surface area contributed by atoms with Gasteiger partial charge in [-0.1, -0.05) is 61.3 Å². The molecule has 1 N–H and O–H groups in total. The molecule has 0 aromatic heterocycles. The fourth-order valence-electron chi connectivity index (χ4n) is 3.90. The van der Waals surface area contributed by atoms with Gasteiger partial charge in [-0.3, -0.25) is 4.79 Å². The minimum absolute atomic E-state index is 0.0581. The van der Waals surface area contributed by atoms with Crippen LogP contribution in [0, 0.1) is 5.92 Å². The van der Waals surface area contributed by atoms with Crippen molar-refractivity contribution in [3.63, 3.8) is 0 Å². The number of hydrogen-bond donors (Lipinski definition) is 1. The minimum Gasteiger partial charge on any atom is -0.491 e. The van der Waals surface area contributed by atoms with Crippen molar-refractivity contribution >= 4 is 39.1 Å². The third kappa shape index (κ3) is 7.09. The topological polar surface area (TPSA) is 75.7 Å². The zero-order valence-electron chi connectivity index (χ0n) is 18.9. The van der Waals surface area contributed by atoms with Crippen LogP contribution in [0.2, 0.25) is 10.0 Å². The highest BCUT2D eigenvalue weighted by molar-refractivity contribution is 7.88. The number of sulfonamides is 1. The molecule has 33 heavy (non-hydrogen) atoms. The molecular formula is C24H30Cl2N2O4S. The molecule has 0 unspecified atom stereocenters. The SMILES string of the molecule is CC(C)c1ccccc1OCCNC(=O)C1CCN(S(=O)(=O)Cc2ccc(Cl)c(Cl)c2)CC1. The zero-order valence-corrected chi connectivity index (χ0v) is 21.2. The summed E-state index contributed by atoms with van der Waals surface area (Å²) in [5, 5.41) is 3.64. The molecule has 6 nitrogen and oxygen atoms in total. The Morgan fingerprint density at radius 2 is 1.82 bits per heavy atom. The average molecular weight is 513 g/mol. The average Bonchev–Trinajstić information content (AvgIpc) is 2.79. The molecule has 1 saturated heterocycles. The van der Waals surface area contributed by atoms with E-state index in [4.69, 9.17) is 27.9 Å². The lowest BCUT2D eigenvalue weighted by molar-refractivity contribution is -0.126. The normalized spacial score (nSPS) is 15.5. The molecule has 9 heteroatoms. The van der Waals surface area contributed by atoms with Gasteiger partial charge in [-0.2, -0.15) is 0 Å². The fraction of sp³-hybridized carbons (Fsp3) is 0.458. The molecule has 3 rings (SSSR count). The Bertz CT molecular complexity index is 1070. The van der Waals surface area contributed by atoms with Crippen molar-refractivity contribution in [2.45, 2.75) is 38.4 Å². The third-order valence-corrected chi connectivity index (χ3v) is 8.34. The largest absolute Gasteiger partial charge is 0.491 e. The number of ether oxygens (including phenoxy) is 1. The van der Waals surface area contributed by atoms with E-state index in [9.17, 15) is 13.2 Å². The number of piperidine rings is 1. The highest BCUT2D eigenvalue weighted by Crippen LogP contribution is 2.27. The van der Waals surface area contributed by atoms with Crippen LogP contribution in [0.5, 0.6) is 5.75 Å². The van der Waals surface area contributed by atoms with Crippen LogP contribution in [0.4, 0.5) is 0 Å². The molecule has 1 aliphatic heterocycles. The van der Waals surface area contributed by atoms with E-state index >= 15 is 0 Å². The van der Waals surface area contributed by atoms with E-state index in [2.05, 4.69) is 19.2 Å². The van der Waals surface area contributed by atoms with Crippen LogP contribution < -0.4 is 10.1 Å². The van der Waals surface area contributed by atoms with Gasteiger partial charge in [0, 0.05) is 19.0 Å². The molecule has 0 aliphatic carbocycles. The van der Waals surface area contributed by atoms with Crippen molar-refractivity contribution in [2.24, 2.45) is 5.92 Å². The van der Waals surface area contributed by atoms with Gasteiger partial charge in [0.1, 0.15) is 12.4 Å². The van der Waals surface area contributed by atoms with Crippen molar-refractivity contribution in [1.82, 2.24) is 9.62 Å². The van der Waals surface area contributed by atoms with Gasteiger partial charge < -0.3 is 10.1 Å². The Balaban J connectivity index is 1.43. The molecule has 1 fully saturated rings. The smallest absolute Gasteiger partial charge is 0.223 e. The van der Waals surface area contributed by atoms with E-state index < -0.39 is 10.0 Å². The Hall–Kier alpha value is -1.80. The fourth-order valence-corrected chi connectivity index (χ4v) is 5.77. The summed E-state index contributed by atoms with van der Waals surface area (Å²) in [7, 11) is -3.50. The summed E-state index contributed by atoms with van der Waals surface area (Å²) in [6.07, 6.45) is 0.979. The van der Waals surface area contributed by atoms with Gasteiger partial charge >= 0.3 is 0 Å². The van der Waals surface area contributed by atoms with Crippen LogP contribution in [0.25, 0.3) is 0 Å². The molecule has 0 radical (unpaired) electrons. The number of amides is 1. The summed E-state index contributed by atoms with van der Waals surface area (Å²) in [5.74, 6) is 0.786. The monoisotopic (exact) mass is 512 g/mol. The summed E-state index contributed by atoms with van der Waals surface area (Å²) < 4.78 is 32.9. The second-order valence-corrected chi connectivity index (χ2v) is 11.3. The van der Waals surface area contributed by atoms with Gasteiger partial charge in [0.05, 0.1) is 22.3 Å². The number of carbonyl (C=O) groups excluding carboxylic acids is 1. The Labute approximate surface area is 206 Å². The maximum atomic E-state index is 12.8. The molecule has 1 amide bonds. The van der Waals surface area contributed by atoms with Crippen LogP contribution in [0.1, 0.15) is 43.7 Å². The van der Waals surface area contributed by atoms with Gasteiger partial charge in [-0.25, -0.2) is 12.7 Å². The Kier molecular flexibility index (Phi) is 9.04. The van der Waals surface area contributed by atoms with E-state index in [1.807, 2.05) is 24.3 Å². The Morgan fingerprint density at radius 3 is 2.48 bits per heavy atom. The molecule has 2 aromatic rings. The third-order valence-electron chi connectivity index (χ3n) is 5.75. The number of rotatable bonds is 9. The lowest BCUT2D eigenvalue weighted by Gasteiger charge is -2.30. The highest BCUT2D eigenvalue weighted by atomic mass is 35.5. The highest BCUT2D eigenvalue weighted by Gasteiger charge is 2.31. The number of hydrogen-bond acceptors (Lipinski definition) is 4. The van der Waals surface area contributed by atoms with Crippen LogP contribution >= 0.6 is 23.2 Å². The summed E-state index contributed by atoms with van der Waals surface area (Å²) >= 11 is 11.9. The number of para-hydroxylation sites is 1. The predicted molar refractivity (Wildman–Crippen MR) is 132 cm³/mol. The van der Waals surface area contributed by atoms with Crippen LogP contribution in [-0.2, 0) is 20.6 Å². The van der Waals surface area contributed by atoms with Crippen molar-refractivity contribution in [3.8, 4) is 5.75 Å². The second-order valence-electron chi connectivity index (χ2n) is 8.51. The predicted octanol–water partition coefficient (Wildman–Crippen LogP) is 4.85. The van der Waals surface area contributed by atoms with Crippen LogP contribution in [-0.4, -0.2) is 44.9 Å². The van der Waals surface area contributed by atoms with Crippen molar-refractivity contribution < 1.29 is 17.9 Å². The van der Waals surface area contributed by atoms with E-state index in [1.54, 1.807) is 18.2 Å². The maximum absolute atomic E-state index is 12.8. The lowest BCUT2D eigenvalue weighted by atomic mass is 9.97. The first kappa shape index (κ1) is 25.8. The van der Waals surface area contributed by atoms with E-state index in [-0.39, 0.29) is 17.6 Å². The molecule has 1 heterocycles. The second kappa shape index (κ2) is 11.6. The first-order chi connectivity index (χ1) is 15.7. The summed E-state index contributed by atoms with van der Waals surface area (Å²) in [5.41, 5.74) is 1.72. The van der Waals surface area contributed by atoms with Gasteiger partial charge in [-0.05, 0) is 48.1 Å². The molecule has 2 aromatic carbocycles. The summed E-state index contributed by atoms with van der Waals surface area (Å²) in [4.78, 5) is 12.5. The van der Waals surface area contributed by atoms with Crippen LogP contribution in [0.15, 0.2) is 42.5 Å². The number of halogens is 2. The van der Waals surface area contributed by atoms with Gasteiger partial charge in [0.15, 0.2) is 0 Å². The first-order valence-corrected chi connectivity index (χ1v) is 13.4. The van der Waals surface area contributed by atoms with Gasteiger partial charge in [-0.15, -0.1) is 0 Å². The molecule has 0 spiro atoms. The molecule has 180 valence electrons. The van der Waals surface area contributed by atoms with Crippen molar-refractivity contribution in [2.75, 3.05) is 26.2 Å². The maximum Gasteiger partial charge on any atom is 0.223 e. The molecule has 0 bridgehead atoms. The van der Waals surface area contributed by atoms with Crippen molar-refractivity contribution in [1.29, 1.82) is 0 Å². The molecule has 0 atom stereocenters. The molecule has 1 aliphatic rings. The van der Waals surface area contributed by atoms with E-state index in [0.717, 1.165) is 11.3 Å². The number of carbonyl (C=O) groups is 1. The summed E-state index contributed by atoms with van der Waals surface area (Å²) in [6.45, 7) is 5.65. The number of nitrogens with one attached hydrogen (secondary N) is 1. The quantitative estimate of drug-likeness (QED) is 0.487. The number of benzene rings is 2. The Morgan fingerprint density at radius 1 is 1.12 bits per heavy atom. The zero-order chi connectivity index (χ0) is 24.0. The summed E-state index contributed by atoms with van der Waals surface area (Å²) in [6, 6.07) is 12.7. The first-order valence-electron chi connectivity index (χ1n) is 11.1. The minimum atomic E-state index is -3.50.